The molecule has 1 atom stereocenters. The van der Waals surface area contributed by atoms with Crippen molar-refractivity contribution in [2.45, 2.75) is 26.8 Å². The number of rotatable bonds is 3. The second kappa shape index (κ2) is 4.45. The van der Waals surface area contributed by atoms with E-state index >= 15 is 0 Å². The van der Waals surface area contributed by atoms with E-state index in [1.54, 1.807) is 6.20 Å². The summed E-state index contributed by atoms with van der Waals surface area (Å²) in [5, 5.41) is 9.17. The lowest BCUT2D eigenvalue weighted by atomic mass is 9.90. The number of carbonyl (C=O) groups is 1. The molecule has 4 heteroatoms. The highest BCUT2D eigenvalue weighted by molar-refractivity contribution is 5.74. The summed E-state index contributed by atoms with van der Waals surface area (Å²) in [6, 6.07) is 3.96. The van der Waals surface area contributed by atoms with E-state index in [0.29, 0.717) is 13.0 Å². The van der Waals surface area contributed by atoms with Gasteiger partial charge in [-0.3, -0.25) is 14.7 Å². The van der Waals surface area contributed by atoms with Gasteiger partial charge < -0.3 is 5.11 Å². The van der Waals surface area contributed by atoms with Crippen molar-refractivity contribution in [3.63, 3.8) is 0 Å². The maximum absolute atomic E-state index is 11.1. The Morgan fingerprint density at radius 2 is 2.41 bits per heavy atom. The minimum absolute atomic E-state index is 0.595. The van der Waals surface area contributed by atoms with Gasteiger partial charge in [-0.15, -0.1) is 0 Å². The zero-order valence-corrected chi connectivity index (χ0v) is 10.3. The summed E-state index contributed by atoms with van der Waals surface area (Å²) in [5.74, 6) is -0.697. The van der Waals surface area contributed by atoms with Crippen molar-refractivity contribution in [1.82, 2.24) is 9.88 Å². The van der Waals surface area contributed by atoms with Crippen LogP contribution in [0.1, 0.15) is 24.6 Å². The highest BCUT2D eigenvalue weighted by Crippen LogP contribution is 2.30. The first kappa shape index (κ1) is 12.0. The monoisotopic (exact) mass is 234 g/mol. The molecule has 4 nitrogen and oxygen atoms in total. The van der Waals surface area contributed by atoms with Crippen molar-refractivity contribution in [1.29, 1.82) is 0 Å². The minimum atomic E-state index is -0.697. The average molecular weight is 234 g/mol. The standard InChI is InChI=1S/C13H18N2O2/c1-10-4-3-6-14-11(10)8-15-7-5-13(2,9-15)12(16)17/h3-4,6H,5,7-9H2,1-2H3,(H,16,17). The molecule has 1 aliphatic heterocycles. The summed E-state index contributed by atoms with van der Waals surface area (Å²) in [6.07, 6.45) is 2.50. The molecule has 1 aromatic heterocycles. The van der Waals surface area contributed by atoms with E-state index in [1.807, 2.05) is 26.0 Å². The maximum atomic E-state index is 11.1. The van der Waals surface area contributed by atoms with Gasteiger partial charge in [0, 0.05) is 19.3 Å². The second-order valence-corrected chi connectivity index (χ2v) is 5.09. The molecular formula is C13H18N2O2. The fraction of sp³-hybridized carbons (Fsp3) is 0.538. The van der Waals surface area contributed by atoms with Gasteiger partial charge in [0.2, 0.25) is 0 Å². The number of aryl methyl sites for hydroxylation is 1. The van der Waals surface area contributed by atoms with Gasteiger partial charge in [-0.1, -0.05) is 6.07 Å². The van der Waals surface area contributed by atoms with Crippen molar-refractivity contribution in [2.24, 2.45) is 5.41 Å². The molecule has 0 radical (unpaired) electrons. The molecule has 92 valence electrons. The Morgan fingerprint density at radius 1 is 1.65 bits per heavy atom. The van der Waals surface area contributed by atoms with Crippen molar-refractivity contribution in [2.75, 3.05) is 13.1 Å². The van der Waals surface area contributed by atoms with E-state index in [2.05, 4.69) is 9.88 Å². The van der Waals surface area contributed by atoms with E-state index in [4.69, 9.17) is 5.11 Å². The molecular weight excluding hydrogens is 216 g/mol. The van der Waals surface area contributed by atoms with E-state index in [1.165, 1.54) is 0 Å². The van der Waals surface area contributed by atoms with Crippen LogP contribution in [-0.2, 0) is 11.3 Å². The Kier molecular flexibility index (Phi) is 3.15. The van der Waals surface area contributed by atoms with Crippen LogP contribution in [0.3, 0.4) is 0 Å². The molecule has 0 saturated carbocycles. The molecule has 0 bridgehead atoms. The summed E-state index contributed by atoms with van der Waals surface area (Å²) in [5.41, 5.74) is 1.61. The molecule has 1 unspecified atom stereocenters. The number of carboxylic acid groups (broad SMARTS) is 1. The van der Waals surface area contributed by atoms with Crippen molar-refractivity contribution in [3.8, 4) is 0 Å². The summed E-state index contributed by atoms with van der Waals surface area (Å²) in [4.78, 5) is 17.7. The summed E-state index contributed by atoms with van der Waals surface area (Å²) >= 11 is 0. The lowest BCUT2D eigenvalue weighted by Crippen LogP contribution is -2.31. The number of hydrogen-bond acceptors (Lipinski definition) is 3. The van der Waals surface area contributed by atoms with E-state index in [-0.39, 0.29) is 0 Å². The lowest BCUT2D eigenvalue weighted by molar-refractivity contribution is -0.147. The highest BCUT2D eigenvalue weighted by Gasteiger charge is 2.40. The molecule has 0 aliphatic carbocycles. The molecule has 1 saturated heterocycles. The van der Waals surface area contributed by atoms with Crippen LogP contribution in [0.4, 0.5) is 0 Å². The number of aromatic nitrogens is 1. The Balaban J connectivity index is 2.04. The van der Waals surface area contributed by atoms with Crippen LogP contribution < -0.4 is 0 Å². The van der Waals surface area contributed by atoms with Crippen LogP contribution in [-0.4, -0.2) is 34.0 Å². The average Bonchev–Trinajstić information content (AvgIpc) is 2.65. The molecule has 1 aromatic rings. The number of aliphatic carboxylic acids is 1. The summed E-state index contributed by atoms with van der Waals surface area (Å²) in [6.45, 7) is 6.04. The molecule has 2 rings (SSSR count). The van der Waals surface area contributed by atoms with Gasteiger partial charge in [-0.05, 0) is 38.4 Å². The molecule has 2 heterocycles. The normalized spacial score (nSPS) is 25.1. The van der Waals surface area contributed by atoms with Gasteiger partial charge in [-0.25, -0.2) is 0 Å². The van der Waals surface area contributed by atoms with Crippen LogP contribution in [0.5, 0.6) is 0 Å². The van der Waals surface area contributed by atoms with Crippen molar-refractivity contribution >= 4 is 5.97 Å². The fourth-order valence-electron chi connectivity index (χ4n) is 2.26. The first-order valence-electron chi connectivity index (χ1n) is 5.87. The van der Waals surface area contributed by atoms with Gasteiger partial charge in [0.15, 0.2) is 0 Å². The van der Waals surface area contributed by atoms with Gasteiger partial charge in [0.25, 0.3) is 0 Å². The molecule has 0 spiro atoms. The summed E-state index contributed by atoms with van der Waals surface area (Å²) in [7, 11) is 0. The van der Waals surface area contributed by atoms with Crippen LogP contribution in [0.25, 0.3) is 0 Å². The van der Waals surface area contributed by atoms with Gasteiger partial charge in [0.05, 0.1) is 11.1 Å². The molecule has 1 aliphatic rings. The topological polar surface area (TPSA) is 53.4 Å². The molecule has 0 amide bonds. The fourth-order valence-corrected chi connectivity index (χ4v) is 2.26. The van der Waals surface area contributed by atoms with Crippen molar-refractivity contribution in [3.05, 3.63) is 29.6 Å². The SMILES string of the molecule is Cc1cccnc1CN1CCC(C)(C(=O)O)C1. The maximum Gasteiger partial charge on any atom is 0.310 e. The molecule has 17 heavy (non-hydrogen) atoms. The predicted molar refractivity (Wildman–Crippen MR) is 64.6 cm³/mol. The lowest BCUT2D eigenvalue weighted by Gasteiger charge is -2.20. The smallest absolute Gasteiger partial charge is 0.310 e. The van der Waals surface area contributed by atoms with Gasteiger partial charge in [0.1, 0.15) is 0 Å². The third-order valence-corrected chi connectivity index (χ3v) is 3.56. The number of nitrogens with zero attached hydrogens (tertiary/aromatic N) is 2. The molecule has 1 fully saturated rings. The van der Waals surface area contributed by atoms with E-state index in [0.717, 1.165) is 24.3 Å². The number of likely N-dealkylation sites (tertiary alicyclic amines) is 1. The Labute approximate surface area is 101 Å². The predicted octanol–water partition coefficient (Wildman–Crippen LogP) is 1.69. The van der Waals surface area contributed by atoms with Gasteiger partial charge in [-0.2, -0.15) is 0 Å². The van der Waals surface area contributed by atoms with Crippen LogP contribution >= 0.6 is 0 Å². The first-order valence-corrected chi connectivity index (χ1v) is 5.87. The Morgan fingerprint density at radius 3 is 3.00 bits per heavy atom. The third kappa shape index (κ3) is 2.47. The van der Waals surface area contributed by atoms with Crippen LogP contribution in [0.15, 0.2) is 18.3 Å². The van der Waals surface area contributed by atoms with Gasteiger partial charge >= 0.3 is 5.97 Å². The number of carboxylic acids is 1. The van der Waals surface area contributed by atoms with E-state index in [9.17, 15) is 4.79 Å². The Hall–Kier alpha value is -1.42. The zero-order chi connectivity index (χ0) is 12.5. The van der Waals surface area contributed by atoms with Crippen molar-refractivity contribution < 1.29 is 9.90 Å². The highest BCUT2D eigenvalue weighted by atomic mass is 16.4. The number of pyridine rings is 1. The third-order valence-electron chi connectivity index (χ3n) is 3.56. The van der Waals surface area contributed by atoms with Crippen LogP contribution in [0.2, 0.25) is 0 Å². The first-order chi connectivity index (χ1) is 8.01. The second-order valence-electron chi connectivity index (χ2n) is 5.09. The largest absolute Gasteiger partial charge is 0.481 e. The van der Waals surface area contributed by atoms with E-state index < -0.39 is 11.4 Å². The molecule has 0 aromatic carbocycles. The number of hydrogen-bond donors (Lipinski definition) is 1. The molecule has 1 N–H and O–H groups in total. The minimum Gasteiger partial charge on any atom is -0.481 e. The Bertz CT molecular complexity index is 433. The zero-order valence-electron chi connectivity index (χ0n) is 10.3. The summed E-state index contributed by atoms with van der Waals surface area (Å²) < 4.78 is 0. The van der Waals surface area contributed by atoms with Crippen LogP contribution in [0, 0.1) is 12.3 Å². The quantitative estimate of drug-likeness (QED) is 0.864.